The Bertz CT molecular complexity index is 1140. The van der Waals surface area contributed by atoms with Crippen LogP contribution in [0.5, 0.6) is 0 Å². The van der Waals surface area contributed by atoms with Crippen molar-refractivity contribution in [2.45, 2.75) is 13.3 Å². The summed E-state index contributed by atoms with van der Waals surface area (Å²) in [5.74, 6) is -1.04. The molecular formula is C24H20FN3O2. The zero-order valence-electron chi connectivity index (χ0n) is 16.4. The maximum Gasteiger partial charge on any atom is 0.244 e. The van der Waals surface area contributed by atoms with Crippen LogP contribution in [0.25, 0.3) is 0 Å². The van der Waals surface area contributed by atoms with E-state index in [9.17, 15) is 14.0 Å². The second-order valence-corrected chi connectivity index (χ2v) is 7.08. The summed E-state index contributed by atoms with van der Waals surface area (Å²) >= 11 is 0. The van der Waals surface area contributed by atoms with Gasteiger partial charge in [0.2, 0.25) is 11.8 Å². The van der Waals surface area contributed by atoms with Crippen LogP contribution in [0.4, 0.5) is 21.5 Å². The van der Waals surface area contributed by atoms with Gasteiger partial charge in [0.05, 0.1) is 23.5 Å². The van der Waals surface area contributed by atoms with Gasteiger partial charge in [0.1, 0.15) is 12.4 Å². The molecule has 2 amide bonds. The highest BCUT2D eigenvalue weighted by atomic mass is 19.1. The van der Waals surface area contributed by atoms with Crippen LogP contribution in [0.15, 0.2) is 77.8 Å². The van der Waals surface area contributed by atoms with E-state index < -0.39 is 11.7 Å². The predicted molar refractivity (Wildman–Crippen MR) is 116 cm³/mol. The summed E-state index contributed by atoms with van der Waals surface area (Å²) in [4.78, 5) is 31.8. The summed E-state index contributed by atoms with van der Waals surface area (Å²) in [6.45, 7) is 1.46. The first-order valence-electron chi connectivity index (χ1n) is 9.59. The van der Waals surface area contributed by atoms with Crippen LogP contribution in [0, 0.1) is 12.7 Å². The number of anilines is 2. The molecule has 30 heavy (non-hydrogen) atoms. The Balaban J connectivity index is 1.59. The van der Waals surface area contributed by atoms with Gasteiger partial charge >= 0.3 is 0 Å². The number of hydrogen-bond donors (Lipinski definition) is 1. The van der Waals surface area contributed by atoms with Crippen LogP contribution in [-0.2, 0) is 9.59 Å². The lowest BCUT2D eigenvalue weighted by atomic mass is 10.1. The third-order valence-corrected chi connectivity index (χ3v) is 4.91. The molecule has 0 radical (unpaired) electrons. The summed E-state index contributed by atoms with van der Waals surface area (Å²) in [5.41, 5.74) is 3.55. The minimum Gasteiger partial charge on any atom is -0.324 e. The zero-order chi connectivity index (χ0) is 21.1. The average Bonchev–Trinajstić information content (AvgIpc) is 2.88. The number of para-hydroxylation sites is 2. The summed E-state index contributed by atoms with van der Waals surface area (Å²) in [6.07, 6.45) is 0.0745. The Kier molecular flexibility index (Phi) is 5.39. The zero-order valence-corrected chi connectivity index (χ0v) is 16.4. The molecule has 0 spiro atoms. The number of amides is 2. The van der Waals surface area contributed by atoms with Crippen molar-refractivity contribution in [3.05, 3.63) is 89.7 Å². The van der Waals surface area contributed by atoms with Gasteiger partial charge in [-0.1, -0.05) is 48.5 Å². The van der Waals surface area contributed by atoms with Crippen molar-refractivity contribution in [2.24, 2.45) is 4.99 Å². The molecule has 3 aromatic carbocycles. The topological polar surface area (TPSA) is 61.8 Å². The number of hydrogen-bond acceptors (Lipinski definition) is 3. The number of halogens is 1. The van der Waals surface area contributed by atoms with E-state index in [-0.39, 0.29) is 18.9 Å². The lowest BCUT2D eigenvalue weighted by molar-refractivity contribution is -0.120. The lowest BCUT2D eigenvalue weighted by Gasteiger charge is -2.22. The van der Waals surface area contributed by atoms with E-state index in [0.717, 1.165) is 5.56 Å². The highest BCUT2D eigenvalue weighted by Crippen LogP contribution is 2.32. The van der Waals surface area contributed by atoms with Crippen molar-refractivity contribution in [1.82, 2.24) is 0 Å². The molecule has 0 bridgehead atoms. The number of aryl methyl sites for hydroxylation is 1. The van der Waals surface area contributed by atoms with Crippen molar-refractivity contribution >= 4 is 34.6 Å². The first-order chi connectivity index (χ1) is 14.5. The summed E-state index contributed by atoms with van der Waals surface area (Å²) < 4.78 is 13.8. The fourth-order valence-corrected chi connectivity index (χ4v) is 3.33. The van der Waals surface area contributed by atoms with Gasteiger partial charge < -0.3 is 10.2 Å². The number of nitrogens with one attached hydrogen (secondary N) is 1. The van der Waals surface area contributed by atoms with Gasteiger partial charge in [0.15, 0.2) is 0 Å². The highest BCUT2D eigenvalue weighted by molar-refractivity contribution is 6.18. The second-order valence-electron chi connectivity index (χ2n) is 7.08. The van der Waals surface area contributed by atoms with Gasteiger partial charge in [0, 0.05) is 5.69 Å². The largest absolute Gasteiger partial charge is 0.324 e. The number of benzene rings is 3. The van der Waals surface area contributed by atoms with Gasteiger partial charge in [-0.15, -0.1) is 0 Å². The monoisotopic (exact) mass is 401 g/mol. The molecule has 3 aromatic rings. The summed E-state index contributed by atoms with van der Waals surface area (Å²) in [7, 11) is 0. The molecule has 0 unspecified atom stereocenters. The molecule has 0 saturated carbocycles. The molecule has 1 heterocycles. The first kappa shape index (κ1) is 19.5. The molecule has 1 N–H and O–H groups in total. The van der Waals surface area contributed by atoms with E-state index >= 15 is 0 Å². The van der Waals surface area contributed by atoms with Crippen molar-refractivity contribution < 1.29 is 14.0 Å². The molecule has 0 saturated heterocycles. The lowest BCUT2D eigenvalue weighted by Crippen LogP contribution is -2.38. The molecular weight excluding hydrogens is 381 g/mol. The standard InChI is InChI=1S/C24H20FN3O2/c1-16-11-12-18(13-19(16)25)26-23(29)15-28-22-10-6-5-9-20(22)27-21(14-24(28)30)17-7-3-2-4-8-17/h2-13H,14-15H2,1H3,(H,26,29). The minimum absolute atomic E-state index is 0.0745. The average molecular weight is 401 g/mol. The number of fused-ring (bicyclic) bond motifs is 1. The molecule has 1 aliphatic rings. The van der Waals surface area contributed by atoms with Crippen LogP contribution in [0.2, 0.25) is 0 Å². The third kappa shape index (κ3) is 4.12. The number of rotatable bonds is 4. The van der Waals surface area contributed by atoms with Crippen LogP contribution >= 0.6 is 0 Å². The molecule has 0 aliphatic carbocycles. The normalized spacial score (nSPS) is 13.3. The number of carbonyl (C=O) groups excluding carboxylic acids is 2. The predicted octanol–water partition coefficient (Wildman–Crippen LogP) is 4.63. The number of nitrogens with zero attached hydrogens (tertiary/aromatic N) is 2. The Morgan fingerprint density at radius 2 is 1.80 bits per heavy atom. The molecule has 0 atom stereocenters. The van der Waals surface area contributed by atoms with Crippen molar-refractivity contribution in [1.29, 1.82) is 0 Å². The highest BCUT2D eigenvalue weighted by Gasteiger charge is 2.26. The van der Waals surface area contributed by atoms with Crippen LogP contribution in [-0.4, -0.2) is 24.1 Å². The van der Waals surface area contributed by atoms with Crippen LogP contribution in [0.3, 0.4) is 0 Å². The van der Waals surface area contributed by atoms with Crippen molar-refractivity contribution in [2.75, 3.05) is 16.8 Å². The van der Waals surface area contributed by atoms with Gasteiger partial charge in [-0.05, 0) is 42.3 Å². The van der Waals surface area contributed by atoms with E-state index in [1.54, 1.807) is 31.2 Å². The quantitative estimate of drug-likeness (QED) is 0.693. The maximum atomic E-state index is 13.8. The summed E-state index contributed by atoms with van der Waals surface area (Å²) in [5, 5.41) is 2.66. The van der Waals surface area contributed by atoms with Gasteiger partial charge in [0.25, 0.3) is 0 Å². The Morgan fingerprint density at radius 1 is 1.07 bits per heavy atom. The van der Waals surface area contributed by atoms with Crippen LogP contribution < -0.4 is 10.2 Å². The number of aliphatic imine (C=N–C) groups is 1. The van der Waals surface area contributed by atoms with Crippen LogP contribution in [0.1, 0.15) is 17.5 Å². The van der Waals surface area contributed by atoms with Crippen molar-refractivity contribution in [3.63, 3.8) is 0 Å². The number of carbonyl (C=O) groups is 2. The Labute approximate surface area is 173 Å². The molecule has 0 fully saturated rings. The molecule has 0 aromatic heterocycles. The smallest absolute Gasteiger partial charge is 0.244 e. The third-order valence-electron chi connectivity index (χ3n) is 4.91. The molecule has 1 aliphatic heterocycles. The van der Waals surface area contributed by atoms with Crippen molar-refractivity contribution in [3.8, 4) is 0 Å². The summed E-state index contributed by atoms with van der Waals surface area (Å²) in [6, 6.07) is 21.2. The van der Waals surface area contributed by atoms with E-state index in [2.05, 4.69) is 5.32 Å². The van der Waals surface area contributed by atoms with E-state index in [0.29, 0.717) is 28.3 Å². The SMILES string of the molecule is Cc1ccc(NC(=O)CN2C(=O)CC(c3ccccc3)=Nc3ccccc32)cc1F. The van der Waals surface area contributed by atoms with E-state index in [1.807, 2.05) is 42.5 Å². The first-order valence-corrected chi connectivity index (χ1v) is 9.59. The van der Waals surface area contributed by atoms with Gasteiger partial charge in [-0.3, -0.25) is 14.6 Å². The second kappa shape index (κ2) is 8.29. The molecule has 6 heteroatoms. The fraction of sp³-hybridized carbons (Fsp3) is 0.125. The molecule has 150 valence electrons. The Morgan fingerprint density at radius 3 is 2.57 bits per heavy atom. The fourth-order valence-electron chi connectivity index (χ4n) is 3.33. The molecule has 4 rings (SSSR count). The van der Waals surface area contributed by atoms with Gasteiger partial charge in [-0.25, -0.2) is 4.39 Å². The Hall–Kier alpha value is -3.80. The van der Waals surface area contributed by atoms with E-state index in [4.69, 9.17) is 4.99 Å². The molecule has 5 nitrogen and oxygen atoms in total. The minimum atomic E-state index is -0.412. The van der Waals surface area contributed by atoms with Gasteiger partial charge in [-0.2, -0.15) is 0 Å². The maximum absolute atomic E-state index is 13.8. The van der Waals surface area contributed by atoms with E-state index in [1.165, 1.54) is 11.0 Å².